The molecule has 3 atom stereocenters. The second-order valence-electron chi connectivity index (χ2n) is 8.85. The van der Waals surface area contributed by atoms with Gasteiger partial charge in [0, 0.05) is 50.7 Å². The molecular weight excluding hydrogens is 487 g/mol. The second kappa shape index (κ2) is 11.1. The molecule has 3 rings (SSSR count). The topological polar surface area (TPSA) is 57.5 Å². The molecule has 1 aromatic heterocycles. The van der Waals surface area contributed by atoms with E-state index in [0.29, 0.717) is 12.0 Å². The molecule has 0 aliphatic carbocycles. The smallest absolute Gasteiger partial charge is 0.193 e. The summed E-state index contributed by atoms with van der Waals surface area (Å²) >= 11 is 0. The van der Waals surface area contributed by atoms with Crippen LogP contribution in [0.1, 0.15) is 51.8 Å². The van der Waals surface area contributed by atoms with Gasteiger partial charge in [0.2, 0.25) is 0 Å². The summed E-state index contributed by atoms with van der Waals surface area (Å²) < 4.78 is 2.23. The number of rotatable bonds is 6. The van der Waals surface area contributed by atoms with Crippen molar-refractivity contribution in [2.45, 2.75) is 51.7 Å². The summed E-state index contributed by atoms with van der Waals surface area (Å²) in [7, 11) is 1.87. The highest BCUT2D eigenvalue weighted by Crippen LogP contribution is 2.27. The van der Waals surface area contributed by atoms with Gasteiger partial charge in [0.05, 0.1) is 12.4 Å². The molecule has 7 heteroatoms. The predicted molar refractivity (Wildman–Crippen MR) is 135 cm³/mol. The van der Waals surface area contributed by atoms with Crippen LogP contribution in [0.2, 0.25) is 0 Å². The van der Waals surface area contributed by atoms with Crippen LogP contribution in [0, 0.1) is 5.92 Å². The number of nitrogens with zero attached hydrogens (tertiary/aromatic N) is 4. The van der Waals surface area contributed by atoms with Gasteiger partial charge in [-0.25, -0.2) is 4.98 Å². The van der Waals surface area contributed by atoms with Gasteiger partial charge in [-0.15, -0.1) is 24.0 Å². The molecule has 2 aromatic rings. The highest BCUT2D eigenvalue weighted by Gasteiger charge is 2.30. The molecule has 1 aliphatic rings. The first-order valence-corrected chi connectivity index (χ1v) is 10.7. The lowest BCUT2D eigenvalue weighted by atomic mass is 9.93. The molecule has 0 radical (unpaired) electrons. The lowest BCUT2D eigenvalue weighted by Crippen LogP contribution is -2.54. The summed E-state index contributed by atoms with van der Waals surface area (Å²) in [6, 6.07) is 11.3. The Hall–Kier alpha value is -1.61. The Balaban J connectivity index is 0.00000320. The molecule has 2 N–H and O–H groups in total. The van der Waals surface area contributed by atoms with Gasteiger partial charge >= 0.3 is 0 Å². The van der Waals surface area contributed by atoms with Crippen molar-refractivity contribution in [1.82, 2.24) is 25.1 Å². The van der Waals surface area contributed by atoms with Crippen molar-refractivity contribution in [3.05, 3.63) is 54.6 Å². The third-order valence-corrected chi connectivity index (χ3v) is 5.93. The number of piperidine rings is 1. The molecule has 0 saturated carbocycles. The highest BCUT2D eigenvalue weighted by molar-refractivity contribution is 14.0. The lowest BCUT2D eigenvalue weighted by molar-refractivity contribution is 0.188. The Labute approximate surface area is 198 Å². The van der Waals surface area contributed by atoms with Crippen LogP contribution in [0.15, 0.2) is 54.0 Å². The first kappa shape index (κ1) is 24.7. The Kier molecular flexibility index (Phi) is 9.15. The third-order valence-electron chi connectivity index (χ3n) is 5.93. The number of benzene rings is 1. The number of nitrogens with one attached hydrogen (secondary N) is 2. The summed E-state index contributed by atoms with van der Waals surface area (Å²) in [5.74, 6) is 1.60. The molecule has 6 nitrogen and oxygen atoms in total. The van der Waals surface area contributed by atoms with Crippen LogP contribution >= 0.6 is 24.0 Å². The molecule has 0 spiro atoms. The molecule has 0 bridgehead atoms. The maximum absolute atomic E-state index is 4.57. The van der Waals surface area contributed by atoms with Crippen molar-refractivity contribution < 1.29 is 0 Å². The van der Waals surface area contributed by atoms with E-state index in [4.69, 9.17) is 0 Å². The summed E-state index contributed by atoms with van der Waals surface area (Å²) in [6.45, 7) is 11.8. The van der Waals surface area contributed by atoms with E-state index in [0.717, 1.165) is 32.0 Å². The van der Waals surface area contributed by atoms with Gasteiger partial charge in [0.15, 0.2) is 5.96 Å². The number of hydrogen-bond acceptors (Lipinski definition) is 3. The van der Waals surface area contributed by atoms with Gasteiger partial charge in [-0.3, -0.25) is 4.99 Å². The molecule has 2 heterocycles. The molecule has 1 saturated heterocycles. The molecule has 1 aromatic carbocycles. The van der Waals surface area contributed by atoms with Gasteiger partial charge in [-0.2, -0.15) is 0 Å². The van der Waals surface area contributed by atoms with Gasteiger partial charge in [-0.05, 0) is 38.7 Å². The third kappa shape index (κ3) is 6.44. The van der Waals surface area contributed by atoms with Crippen LogP contribution in [-0.2, 0) is 0 Å². The first-order valence-electron chi connectivity index (χ1n) is 10.7. The number of guanidine groups is 1. The van der Waals surface area contributed by atoms with E-state index in [1.807, 2.05) is 19.6 Å². The van der Waals surface area contributed by atoms with Crippen LogP contribution < -0.4 is 10.6 Å². The van der Waals surface area contributed by atoms with Crippen molar-refractivity contribution in [2.75, 3.05) is 26.7 Å². The second-order valence-corrected chi connectivity index (χ2v) is 8.85. The van der Waals surface area contributed by atoms with Gasteiger partial charge < -0.3 is 20.1 Å². The maximum atomic E-state index is 4.57. The van der Waals surface area contributed by atoms with Gasteiger partial charge in [0.25, 0.3) is 0 Å². The predicted octanol–water partition coefficient (Wildman–Crippen LogP) is 4.09. The fourth-order valence-electron chi connectivity index (χ4n) is 4.19. The summed E-state index contributed by atoms with van der Waals surface area (Å²) in [5, 5.41) is 7.35. The van der Waals surface area contributed by atoms with Crippen molar-refractivity contribution in [2.24, 2.45) is 10.9 Å². The molecule has 1 aliphatic heterocycles. The van der Waals surface area contributed by atoms with Crippen LogP contribution in [-0.4, -0.2) is 52.6 Å². The number of halogens is 1. The number of aromatic nitrogens is 2. The van der Waals surface area contributed by atoms with Crippen LogP contribution in [0.3, 0.4) is 0 Å². The molecule has 166 valence electrons. The number of imidazole rings is 1. The SMILES string of the molecule is CN=C(NCC(C)(C)NC(C)c1ccccc1)N1CCC(C)C(n2ccnc2)C1.I. The molecule has 3 unspecified atom stereocenters. The Morgan fingerprint density at radius 1 is 1.30 bits per heavy atom. The van der Waals surface area contributed by atoms with E-state index < -0.39 is 0 Å². The Morgan fingerprint density at radius 3 is 2.67 bits per heavy atom. The van der Waals surface area contributed by atoms with Crippen LogP contribution in [0.4, 0.5) is 0 Å². The standard InChI is InChI=1S/C23H36N6.HI/c1-18-11-13-28(15-21(18)29-14-12-25-17-29)22(24-5)26-16-23(3,4)27-19(2)20-9-7-6-8-10-20;/h6-10,12,14,17-19,21,27H,11,13,15-16H2,1-5H3,(H,24,26);1H. The summed E-state index contributed by atoms with van der Waals surface area (Å²) in [5.41, 5.74) is 1.23. The lowest BCUT2D eigenvalue weighted by Gasteiger charge is -2.40. The first-order chi connectivity index (χ1) is 13.9. The Bertz CT molecular complexity index is 774. The minimum atomic E-state index is -0.0714. The zero-order valence-electron chi connectivity index (χ0n) is 18.9. The van der Waals surface area contributed by atoms with E-state index in [1.54, 1.807) is 0 Å². The fraction of sp³-hybridized carbons (Fsp3) is 0.565. The average molecular weight is 524 g/mol. The maximum Gasteiger partial charge on any atom is 0.193 e. The Morgan fingerprint density at radius 2 is 2.03 bits per heavy atom. The van der Waals surface area contributed by atoms with Crippen molar-refractivity contribution >= 4 is 29.9 Å². The number of hydrogen-bond donors (Lipinski definition) is 2. The minimum Gasteiger partial charge on any atom is -0.354 e. The summed E-state index contributed by atoms with van der Waals surface area (Å²) in [6.07, 6.45) is 7.01. The van der Waals surface area contributed by atoms with E-state index in [1.165, 1.54) is 5.56 Å². The van der Waals surface area contributed by atoms with Crippen LogP contribution in [0.25, 0.3) is 0 Å². The largest absolute Gasteiger partial charge is 0.354 e. The fourth-order valence-corrected chi connectivity index (χ4v) is 4.19. The number of likely N-dealkylation sites (tertiary alicyclic amines) is 1. The monoisotopic (exact) mass is 524 g/mol. The van der Waals surface area contributed by atoms with E-state index >= 15 is 0 Å². The molecule has 30 heavy (non-hydrogen) atoms. The zero-order valence-corrected chi connectivity index (χ0v) is 21.2. The zero-order chi connectivity index (χ0) is 20.9. The van der Waals surface area contributed by atoms with Crippen molar-refractivity contribution in [3.63, 3.8) is 0 Å². The molecule has 0 amide bonds. The minimum absolute atomic E-state index is 0. The van der Waals surface area contributed by atoms with E-state index in [-0.39, 0.29) is 35.6 Å². The summed E-state index contributed by atoms with van der Waals surface area (Å²) in [4.78, 5) is 11.2. The molecule has 1 fully saturated rings. The molecular formula is C23H37IN6. The number of aliphatic imine (C=N–C) groups is 1. The van der Waals surface area contributed by atoms with Gasteiger partial charge in [-0.1, -0.05) is 37.3 Å². The van der Waals surface area contributed by atoms with Crippen LogP contribution in [0.5, 0.6) is 0 Å². The quantitative estimate of drug-likeness (QED) is 0.340. The van der Waals surface area contributed by atoms with Crippen molar-refractivity contribution in [1.29, 1.82) is 0 Å². The normalized spacial score (nSPS) is 21.1. The average Bonchev–Trinajstić information content (AvgIpc) is 3.24. The van der Waals surface area contributed by atoms with Gasteiger partial charge in [0.1, 0.15) is 0 Å². The highest BCUT2D eigenvalue weighted by atomic mass is 127. The van der Waals surface area contributed by atoms with E-state index in [9.17, 15) is 0 Å². The van der Waals surface area contributed by atoms with Crippen molar-refractivity contribution in [3.8, 4) is 0 Å². The van der Waals surface area contributed by atoms with E-state index in [2.05, 4.69) is 94.3 Å².